The van der Waals surface area contributed by atoms with Crippen LogP contribution >= 0.6 is 0 Å². The van der Waals surface area contributed by atoms with Gasteiger partial charge in [-0.2, -0.15) is 0 Å². The summed E-state index contributed by atoms with van der Waals surface area (Å²) in [6.07, 6.45) is 2.00. The van der Waals surface area contributed by atoms with Gasteiger partial charge >= 0.3 is 0 Å². The van der Waals surface area contributed by atoms with Gasteiger partial charge in [-0.3, -0.25) is 4.90 Å². The summed E-state index contributed by atoms with van der Waals surface area (Å²) in [7, 11) is -2.07. The van der Waals surface area contributed by atoms with Gasteiger partial charge in [-0.25, -0.2) is 13.1 Å². The summed E-state index contributed by atoms with van der Waals surface area (Å²) < 4.78 is 33.0. The number of nitrogens with one attached hydrogen (secondary N) is 1. The van der Waals surface area contributed by atoms with Gasteiger partial charge in [0.05, 0.1) is 7.11 Å². The number of hydrogen-bond donors (Lipinski definition) is 1. The Balaban J connectivity index is 1.50. The quantitative estimate of drug-likeness (QED) is 0.810. The van der Waals surface area contributed by atoms with Crippen LogP contribution in [0.1, 0.15) is 18.4 Å². The summed E-state index contributed by atoms with van der Waals surface area (Å²) in [4.78, 5) is 2.63. The maximum Gasteiger partial charge on any atom is 0.244 e. The smallest absolute Gasteiger partial charge is 0.244 e. The number of methoxy groups -OCH3 is 1. The molecule has 0 saturated carbocycles. The molecule has 0 unspecified atom stereocenters. The number of likely N-dealkylation sites (tertiary alicyclic amines) is 1. The molecule has 6 heteroatoms. The largest absolute Gasteiger partial charge is 0.495 e. The van der Waals surface area contributed by atoms with E-state index in [0.29, 0.717) is 18.2 Å². The van der Waals surface area contributed by atoms with Crippen molar-refractivity contribution >= 4 is 10.0 Å². The second-order valence-electron chi connectivity index (χ2n) is 6.71. The molecule has 140 valence electrons. The molecule has 2 aromatic rings. The van der Waals surface area contributed by atoms with Crippen molar-refractivity contribution in [3.8, 4) is 5.75 Å². The molecular weight excluding hydrogens is 348 g/mol. The van der Waals surface area contributed by atoms with Crippen LogP contribution in [0.5, 0.6) is 5.75 Å². The van der Waals surface area contributed by atoms with Crippen molar-refractivity contribution in [2.45, 2.75) is 24.3 Å². The Morgan fingerprint density at radius 3 is 2.38 bits per heavy atom. The zero-order valence-electron chi connectivity index (χ0n) is 15.1. The Kier molecular flexibility index (Phi) is 6.29. The van der Waals surface area contributed by atoms with Gasteiger partial charge < -0.3 is 4.74 Å². The molecule has 1 heterocycles. The Bertz CT molecular complexity index is 801. The van der Waals surface area contributed by atoms with Crippen LogP contribution in [0.3, 0.4) is 0 Å². The lowest BCUT2D eigenvalue weighted by molar-refractivity contribution is 0.178. The molecule has 1 aliphatic rings. The molecule has 1 aliphatic heterocycles. The molecule has 26 heavy (non-hydrogen) atoms. The first-order valence-electron chi connectivity index (χ1n) is 8.97. The van der Waals surface area contributed by atoms with Crippen molar-refractivity contribution in [3.05, 3.63) is 60.2 Å². The lowest BCUT2D eigenvalue weighted by Crippen LogP contribution is -2.38. The molecule has 0 aromatic heterocycles. The number of piperidine rings is 1. The van der Waals surface area contributed by atoms with Gasteiger partial charge in [0, 0.05) is 13.1 Å². The van der Waals surface area contributed by atoms with Gasteiger partial charge in [0.15, 0.2) is 0 Å². The first-order chi connectivity index (χ1) is 12.6. The average Bonchev–Trinajstić information content (AvgIpc) is 2.68. The molecule has 0 spiro atoms. The standard InChI is InChI=1S/C20H26N2O3S/c1-25-19-9-5-6-10-20(19)26(23,24)21-15-17-11-13-22(14-12-17)16-18-7-3-2-4-8-18/h2-10,17,21H,11-16H2,1H3. The normalized spacial score (nSPS) is 16.5. The highest BCUT2D eigenvalue weighted by Gasteiger charge is 2.23. The molecule has 0 atom stereocenters. The monoisotopic (exact) mass is 374 g/mol. The van der Waals surface area contributed by atoms with E-state index in [0.717, 1.165) is 32.5 Å². The van der Waals surface area contributed by atoms with Crippen LogP contribution in [0.4, 0.5) is 0 Å². The molecule has 0 bridgehead atoms. The van der Waals surface area contributed by atoms with E-state index in [1.165, 1.54) is 12.7 Å². The van der Waals surface area contributed by atoms with E-state index < -0.39 is 10.0 Å². The molecule has 0 aliphatic carbocycles. The van der Waals surface area contributed by atoms with Crippen molar-refractivity contribution in [3.63, 3.8) is 0 Å². The van der Waals surface area contributed by atoms with Crippen LogP contribution in [-0.2, 0) is 16.6 Å². The van der Waals surface area contributed by atoms with Gasteiger partial charge in [-0.15, -0.1) is 0 Å². The Labute approximate surface area is 156 Å². The zero-order chi connectivity index (χ0) is 18.4. The highest BCUT2D eigenvalue weighted by atomic mass is 32.2. The summed E-state index contributed by atoms with van der Waals surface area (Å²) in [6.45, 7) is 3.42. The Hall–Kier alpha value is -1.89. The third-order valence-electron chi connectivity index (χ3n) is 4.88. The van der Waals surface area contributed by atoms with E-state index in [1.807, 2.05) is 6.07 Å². The molecule has 0 radical (unpaired) electrons. The van der Waals surface area contributed by atoms with Crippen molar-refractivity contribution in [1.82, 2.24) is 9.62 Å². The fraction of sp³-hybridized carbons (Fsp3) is 0.400. The van der Waals surface area contributed by atoms with Crippen LogP contribution in [0.15, 0.2) is 59.5 Å². The third kappa shape index (κ3) is 4.84. The van der Waals surface area contributed by atoms with E-state index in [9.17, 15) is 8.42 Å². The van der Waals surface area contributed by atoms with Crippen LogP contribution in [-0.4, -0.2) is 40.1 Å². The van der Waals surface area contributed by atoms with Crippen molar-refractivity contribution in [2.75, 3.05) is 26.7 Å². The predicted molar refractivity (Wildman–Crippen MR) is 103 cm³/mol. The molecule has 5 nitrogen and oxygen atoms in total. The molecular formula is C20H26N2O3S. The van der Waals surface area contributed by atoms with Crippen molar-refractivity contribution in [1.29, 1.82) is 0 Å². The molecule has 1 fully saturated rings. The van der Waals surface area contributed by atoms with E-state index in [-0.39, 0.29) is 4.90 Å². The lowest BCUT2D eigenvalue weighted by Gasteiger charge is -2.32. The van der Waals surface area contributed by atoms with Crippen molar-refractivity contribution < 1.29 is 13.2 Å². The second-order valence-corrected chi connectivity index (χ2v) is 8.44. The van der Waals surface area contributed by atoms with Crippen LogP contribution in [0, 0.1) is 5.92 Å². The molecule has 0 amide bonds. The van der Waals surface area contributed by atoms with E-state index in [2.05, 4.69) is 33.9 Å². The predicted octanol–water partition coefficient (Wildman–Crippen LogP) is 2.89. The first kappa shape index (κ1) is 18.9. The number of ether oxygens (including phenoxy) is 1. The SMILES string of the molecule is COc1ccccc1S(=O)(=O)NCC1CCN(Cc2ccccc2)CC1. The first-order valence-corrected chi connectivity index (χ1v) is 10.5. The number of nitrogens with zero attached hydrogens (tertiary/aromatic N) is 1. The zero-order valence-corrected chi connectivity index (χ0v) is 15.9. The Morgan fingerprint density at radius 2 is 1.69 bits per heavy atom. The lowest BCUT2D eigenvalue weighted by atomic mass is 9.97. The molecule has 1 N–H and O–H groups in total. The summed E-state index contributed by atoms with van der Waals surface area (Å²) >= 11 is 0. The third-order valence-corrected chi connectivity index (χ3v) is 6.34. The van der Waals surface area contributed by atoms with Crippen LogP contribution in [0.2, 0.25) is 0 Å². The van der Waals surface area contributed by atoms with E-state index in [4.69, 9.17) is 4.74 Å². The second kappa shape index (κ2) is 8.66. The fourth-order valence-electron chi connectivity index (χ4n) is 3.34. The highest BCUT2D eigenvalue weighted by Crippen LogP contribution is 2.24. The van der Waals surface area contributed by atoms with Gasteiger partial charge in [-0.05, 0) is 49.5 Å². The minimum atomic E-state index is -3.55. The summed E-state index contributed by atoms with van der Waals surface area (Å²) in [5.41, 5.74) is 1.32. The Morgan fingerprint density at radius 1 is 1.04 bits per heavy atom. The fourth-order valence-corrected chi connectivity index (χ4v) is 4.62. The summed E-state index contributed by atoms with van der Waals surface area (Å²) in [5.74, 6) is 0.740. The molecule has 1 saturated heterocycles. The van der Waals surface area contributed by atoms with Gasteiger partial charge in [0.1, 0.15) is 10.6 Å². The van der Waals surface area contributed by atoms with E-state index in [1.54, 1.807) is 24.3 Å². The van der Waals surface area contributed by atoms with Crippen molar-refractivity contribution in [2.24, 2.45) is 5.92 Å². The maximum atomic E-state index is 12.6. The number of hydrogen-bond acceptors (Lipinski definition) is 4. The van der Waals surface area contributed by atoms with Gasteiger partial charge in [0.25, 0.3) is 0 Å². The number of para-hydroxylation sites is 1. The molecule has 3 rings (SSSR count). The number of rotatable bonds is 7. The summed E-state index contributed by atoms with van der Waals surface area (Å²) in [6, 6.07) is 17.2. The summed E-state index contributed by atoms with van der Waals surface area (Å²) in [5, 5.41) is 0. The van der Waals surface area contributed by atoms with Gasteiger partial charge in [0.2, 0.25) is 10.0 Å². The number of benzene rings is 2. The topological polar surface area (TPSA) is 58.6 Å². The minimum Gasteiger partial charge on any atom is -0.495 e. The maximum absolute atomic E-state index is 12.6. The highest BCUT2D eigenvalue weighted by molar-refractivity contribution is 7.89. The van der Waals surface area contributed by atoms with Crippen LogP contribution in [0.25, 0.3) is 0 Å². The number of sulfonamides is 1. The minimum absolute atomic E-state index is 0.198. The van der Waals surface area contributed by atoms with E-state index >= 15 is 0 Å². The van der Waals surface area contributed by atoms with Gasteiger partial charge in [-0.1, -0.05) is 42.5 Å². The average molecular weight is 375 g/mol. The molecule has 2 aromatic carbocycles. The van der Waals surface area contributed by atoms with Crippen LogP contribution < -0.4 is 9.46 Å².